The molecular weight excluding hydrogens is 239 g/mol. The second-order valence-electron chi connectivity index (χ2n) is 3.72. The normalized spacial score (nSPS) is 10.2. The van der Waals surface area contributed by atoms with Gasteiger partial charge in [-0.05, 0) is 29.8 Å². The van der Waals surface area contributed by atoms with Crippen LogP contribution in [0.15, 0.2) is 42.5 Å². The molecule has 0 saturated heterocycles. The van der Waals surface area contributed by atoms with E-state index >= 15 is 0 Å². The number of anilines is 2. The molecule has 0 spiro atoms. The lowest BCUT2D eigenvalue weighted by Gasteiger charge is -2.08. The Hall–Kier alpha value is -1.74. The summed E-state index contributed by atoms with van der Waals surface area (Å²) < 4.78 is 13.1. The fourth-order valence-electron chi connectivity index (χ4n) is 1.55. The van der Waals surface area contributed by atoms with Crippen LogP contribution in [-0.4, -0.2) is 0 Å². The van der Waals surface area contributed by atoms with E-state index < -0.39 is 0 Å². The fraction of sp³-hybridized carbons (Fsp3) is 0.0769. The number of hydrogen-bond donors (Lipinski definition) is 2. The number of benzene rings is 2. The number of halogens is 2. The molecular formula is C13H12ClFN2. The molecule has 0 aliphatic rings. The molecule has 0 atom stereocenters. The largest absolute Gasteiger partial charge is 0.399 e. The molecule has 2 aromatic carbocycles. The highest BCUT2D eigenvalue weighted by molar-refractivity contribution is 6.31. The van der Waals surface area contributed by atoms with Gasteiger partial charge in [0, 0.05) is 22.9 Å². The molecule has 2 aromatic rings. The molecule has 0 amide bonds. The van der Waals surface area contributed by atoms with Gasteiger partial charge in [0.2, 0.25) is 0 Å². The van der Waals surface area contributed by atoms with Crippen molar-refractivity contribution in [3.8, 4) is 0 Å². The standard InChI is InChI=1S/C13H12ClFN2/c14-13-4-2-1-3-9(13)8-17-12-6-10(15)5-11(16)7-12/h1-7,17H,8,16H2. The summed E-state index contributed by atoms with van der Waals surface area (Å²) in [4.78, 5) is 0. The molecule has 0 aliphatic carbocycles. The lowest BCUT2D eigenvalue weighted by atomic mass is 10.2. The molecule has 3 N–H and O–H groups in total. The summed E-state index contributed by atoms with van der Waals surface area (Å²) in [6, 6.07) is 11.9. The van der Waals surface area contributed by atoms with E-state index in [4.69, 9.17) is 17.3 Å². The Balaban J connectivity index is 2.10. The first kappa shape index (κ1) is 11.7. The van der Waals surface area contributed by atoms with Crippen LogP contribution in [0.1, 0.15) is 5.56 Å². The van der Waals surface area contributed by atoms with Crippen LogP contribution >= 0.6 is 11.6 Å². The van der Waals surface area contributed by atoms with Crippen molar-refractivity contribution < 1.29 is 4.39 Å². The Morgan fingerprint density at radius 2 is 1.94 bits per heavy atom. The Morgan fingerprint density at radius 1 is 1.18 bits per heavy atom. The van der Waals surface area contributed by atoms with Crippen molar-refractivity contribution in [3.63, 3.8) is 0 Å². The fourth-order valence-corrected chi connectivity index (χ4v) is 1.76. The van der Waals surface area contributed by atoms with E-state index in [1.54, 1.807) is 6.07 Å². The first-order chi connectivity index (χ1) is 8.15. The summed E-state index contributed by atoms with van der Waals surface area (Å²) in [7, 11) is 0. The predicted molar refractivity (Wildman–Crippen MR) is 69.6 cm³/mol. The van der Waals surface area contributed by atoms with Crippen molar-refractivity contribution in [1.82, 2.24) is 0 Å². The van der Waals surface area contributed by atoms with Crippen LogP contribution < -0.4 is 11.1 Å². The van der Waals surface area contributed by atoms with Crippen LogP contribution in [0.25, 0.3) is 0 Å². The van der Waals surface area contributed by atoms with Crippen LogP contribution in [0.2, 0.25) is 5.02 Å². The zero-order chi connectivity index (χ0) is 12.3. The third kappa shape index (κ3) is 3.11. The molecule has 0 saturated carbocycles. The van der Waals surface area contributed by atoms with E-state index in [0.717, 1.165) is 5.56 Å². The van der Waals surface area contributed by atoms with Gasteiger partial charge in [-0.1, -0.05) is 29.8 Å². The number of hydrogen-bond acceptors (Lipinski definition) is 2. The van der Waals surface area contributed by atoms with Crippen molar-refractivity contribution in [2.24, 2.45) is 0 Å². The molecule has 0 aliphatic heterocycles. The molecule has 2 rings (SSSR count). The molecule has 88 valence electrons. The van der Waals surface area contributed by atoms with Gasteiger partial charge in [0.25, 0.3) is 0 Å². The van der Waals surface area contributed by atoms with Gasteiger partial charge in [0.1, 0.15) is 5.82 Å². The van der Waals surface area contributed by atoms with E-state index in [1.807, 2.05) is 24.3 Å². The summed E-state index contributed by atoms with van der Waals surface area (Å²) in [6.07, 6.45) is 0. The first-order valence-corrected chi connectivity index (χ1v) is 5.56. The summed E-state index contributed by atoms with van der Waals surface area (Å²) in [5, 5.41) is 3.76. The smallest absolute Gasteiger partial charge is 0.127 e. The lowest BCUT2D eigenvalue weighted by Crippen LogP contribution is -2.01. The summed E-state index contributed by atoms with van der Waals surface area (Å²) in [6.45, 7) is 0.530. The summed E-state index contributed by atoms with van der Waals surface area (Å²) >= 11 is 6.01. The zero-order valence-electron chi connectivity index (χ0n) is 9.08. The van der Waals surface area contributed by atoms with Crippen molar-refractivity contribution in [3.05, 3.63) is 58.9 Å². The Bertz CT molecular complexity index is 508. The van der Waals surface area contributed by atoms with Gasteiger partial charge in [0.05, 0.1) is 0 Å². The van der Waals surface area contributed by atoms with E-state index in [1.165, 1.54) is 12.1 Å². The SMILES string of the molecule is Nc1cc(F)cc(NCc2ccccc2Cl)c1. The maximum Gasteiger partial charge on any atom is 0.127 e. The lowest BCUT2D eigenvalue weighted by molar-refractivity contribution is 0.629. The minimum absolute atomic E-state index is 0.355. The van der Waals surface area contributed by atoms with Crippen LogP contribution in [-0.2, 0) is 6.54 Å². The highest BCUT2D eigenvalue weighted by atomic mass is 35.5. The van der Waals surface area contributed by atoms with Gasteiger partial charge in [-0.25, -0.2) is 4.39 Å². The predicted octanol–water partition coefficient (Wildman–Crippen LogP) is 3.67. The number of nitrogen functional groups attached to an aromatic ring is 1. The van der Waals surface area contributed by atoms with Crippen molar-refractivity contribution in [1.29, 1.82) is 0 Å². The Morgan fingerprint density at radius 3 is 2.65 bits per heavy atom. The monoisotopic (exact) mass is 250 g/mol. The topological polar surface area (TPSA) is 38.0 Å². The van der Waals surface area contributed by atoms with Crippen molar-refractivity contribution in [2.45, 2.75) is 6.54 Å². The summed E-state index contributed by atoms with van der Waals surface area (Å²) in [5.41, 5.74) is 7.54. The Kier molecular flexibility index (Phi) is 3.49. The molecule has 0 heterocycles. The van der Waals surface area contributed by atoms with E-state index in [2.05, 4.69) is 5.32 Å². The van der Waals surface area contributed by atoms with Gasteiger partial charge in [-0.15, -0.1) is 0 Å². The van der Waals surface area contributed by atoms with E-state index in [0.29, 0.717) is 22.9 Å². The zero-order valence-corrected chi connectivity index (χ0v) is 9.84. The van der Waals surface area contributed by atoms with Gasteiger partial charge >= 0.3 is 0 Å². The molecule has 0 unspecified atom stereocenters. The van der Waals surface area contributed by atoms with Crippen molar-refractivity contribution >= 4 is 23.0 Å². The molecule has 0 bridgehead atoms. The quantitative estimate of drug-likeness (QED) is 0.816. The minimum atomic E-state index is -0.355. The van der Waals surface area contributed by atoms with Gasteiger partial charge in [-0.3, -0.25) is 0 Å². The number of nitrogens with one attached hydrogen (secondary N) is 1. The first-order valence-electron chi connectivity index (χ1n) is 5.18. The van der Waals surface area contributed by atoms with E-state index in [9.17, 15) is 4.39 Å². The van der Waals surface area contributed by atoms with Gasteiger partial charge < -0.3 is 11.1 Å². The molecule has 2 nitrogen and oxygen atoms in total. The minimum Gasteiger partial charge on any atom is -0.399 e. The number of nitrogens with two attached hydrogens (primary N) is 1. The summed E-state index contributed by atoms with van der Waals surface area (Å²) in [5.74, 6) is -0.355. The highest BCUT2D eigenvalue weighted by Gasteiger charge is 2.01. The maximum absolute atomic E-state index is 13.1. The van der Waals surface area contributed by atoms with E-state index in [-0.39, 0.29) is 5.82 Å². The van der Waals surface area contributed by atoms with Crippen LogP contribution in [0.4, 0.5) is 15.8 Å². The Labute approximate surface area is 104 Å². The van der Waals surface area contributed by atoms with Crippen molar-refractivity contribution in [2.75, 3.05) is 11.1 Å². The third-order valence-electron chi connectivity index (χ3n) is 2.36. The van der Waals surface area contributed by atoms with Crippen LogP contribution in [0.3, 0.4) is 0 Å². The second kappa shape index (κ2) is 5.06. The third-order valence-corrected chi connectivity index (χ3v) is 2.73. The van der Waals surface area contributed by atoms with Crippen LogP contribution in [0.5, 0.6) is 0 Å². The molecule has 0 fully saturated rings. The molecule has 0 aromatic heterocycles. The highest BCUT2D eigenvalue weighted by Crippen LogP contribution is 2.19. The second-order valence-corrected chi connectivity index (χ2v) is 4.13. The van der Waals surface area contributed by atoms with Gasteiger partial charge in [0.15, 0.2) is 0 Å². The average Bonchev–Trinajstić information content (AvgIpc) is 2.27. The number of rotatable bonds is 3. The maximum atomic E-state index is 13.1. The van der Waals surface area contributed by atoms with Gasteiger partial charge in [-0.2, -0.15) is 0 Å². The average molecular weight is 251 g/mol. The molecule has 4 heteroatoms. The van der Waals surface area contributed by atoms with Crippen LogP contribution in [0, 0.1) is 5.82 Å². The molecule has 17 heavy (non-hydrogen) atoms. The molecule has 0 radical (unpaired) electrons.